The number of nitrogens with zero attached hydrogens (tertiary/aromatic N) is 2. The van der Waals surface area contributed by atoms with Gasteiger partial charge in [-0.25, -0.2) is 9.78 Å². The molecule has 23 heavy (non-hydrogen) atoms. The summed E-state index contributed by atoms with van der Waals surface area (Å²) in [7, 11) is 1.20. The van der Waals surface area contributed by atoms with Crippen LogP contribution < -0.4 is 10.9 Å². The zero-order valence-corrected chi connectivity index (χ0v) is 13.0. The van der Waals surface area contributed by atoms with Crippen LogP contribution in [0.4, 0.5) is 5.69 Å². The van der Waals surface area contributed by atoms with E-state index in [9.17, 15) is 9.59 Å². The molecule has 0 aliphatic rings. The summed E-state index contributed by atoms with van der Waals surface area (Å²) < 4.78 is 4.67. The van der Waals surface area contributed by atoms with Gasteiger partial charge in [-0.2, -0.15) is 5.26 Å². The van der Waals surface area contributed by atoms with Crippen molar-refractivity contribution in [2.24, 2.45) is 0 Å². The average molecular weight is 333 g/mol. The highest BCUT2D eigenvalue weighted by Gasteiger charge is 2.19. The van der Waals surface area contributed by atoms with E-state index in [0.717, 1.165) is 0 Å². The molecule has 0 saturated carbocycles. The fourth-order valence-corrected chi connectivity index (χ4v) is 2.00. The summed E-state index contributed by atoms with van der Waals surface area (Å²) in [6.45, 7) is 0.214. The Bertz CT molecular complexity index is 809. The van der Waals surface area contributed by atoms with Crippen LogP contribution in [0.15, 0.2) is 29.1 Å². The number of carbonyl (C=O) groups excluding carboxylic acids is 1. The average Bonchev–Trinajstić information content (AvgIpc) is 2.56. The van der Waals surface area contributed by atoms with E-state index in [1.807, 2.05) is 6.07 Å². The monoisotopic (exact) mass is 332 g/mol. The van der Waals surface area contributed by atoms with Crippen LogP contribution >= 0.6 is 11.6 Å². The third kappa shape index (κ3) is 3.87. The molecule has 2 aromatic rings. The Hall–Kier alpha value is -2.85. The van der Waals surface area contributed by atoms with Crippen LogP contribution in [-0.4, -0.2) is 29.6 Å². The minimum Gasteiger partial charge on any atom is -0.464 e. The molecule has 2 rings (SSSR count). The Labute approximate surface area is 136 Å². The minimum absolute atomic E-state index is 0.0233. The minimum atomic E-state index is -0.745. The summed E-state index contributed by atoms with van der Waals surface area (Å²) in [6.07, 6.45) is 0.180. The Morgan fingerprint density at radius 1 is 1.43 bits per heavy atom. The van der Waals surface area contributed by atoms with Gasteiger partial charge in [0.05, 0.1) is 19.6 Å². The Kier molecular flexibility index (Phi) is 5.33. The van der Waals surface area contributed by atoms with Gasteiger partial charge in [-0.15, -0.1) is 0 Å². The van der Waals surface area contributed by atoms with E-state index in [1.165, 1.54) is 7.11 Å². The second-order valence-corrected chi connectivity index (χ2v) is 4.91. The maximum absolute atomic E-state index is 12.2. The zero-order chi connectivity index (χ0) is 16.8. The van der Waals surface area contributed by atoms with Crippen molar-refractivity contribution in [2.75, 3.05) is 19.0 Å². The summed E-state index contributed by atoms with van der Waals surface area (Å²) >= 11 is 5.83. The van der Waals surface area contributed by atoms with Crippen LogP contribution in [0.1, 0.15) is 16.9 Å². The molecule has 1 heterocycles. The first-order valence-electron chi connectivity index (χ1n) is 6.66. The van der Waals surface area contributed by atoms with Gasteiger partial charge in [0.15, 0.2) is 5.69 Å². The normalized spacial score (nSPS) is 9.96. The standard InChI is InChI=1S/C15H13ClN4O3/c1-23-15(22)12-11(18-8-2-7-17)14(21)20-13(19-12)9-3-5-10(16)6-4-9/h3-6,18H,2,8H2,1H3,(H,19,20,21). The molecule has 7 nitrogen and oxygen atoms in total. The van der Waals surface area contributed by atoms with Crippen LogP contribution in [0.25, 0.3) is 11.4 Å². The first-order valence-corrected chi connectivity index (χ1v) is 7.04. The quantitative estimate of drug-likeness (QED) is 0.642. The Balaban J connectivity index is 2.50. The fourth-order valence-electron chi connectivity index (χ4n) is 1.87. The number of methoxy groups -OCH3 is 1. The molecule has 0 bridgehead atoms. The highest BCUT2D eigenvalue weighted by atomic mass is 35.5. The lowest BCUT2D eigenvalue weighted by atomic mass is 10.2. The maximum atomic E-state index is 12.2. The molecule has 118 valence electrons. The lowest BCUT2D eigenvalue weighted by molar-refractivity contribution is 0.0595. The van der Waals surface area contributed by atoms with E-state index >= 15 is 0 Å². The number of aromatic amines is 1. The number of benzene rings is 1. The fraction of sp³-hybridized carbons (Fsp3) is 0.200. The highest BCUT2D eigenvalue weighted by Crippen LogP contribution is 2.19. The SMILES string of the molecule is COC(=O)c1nc(-c2ccc(Cl)cc2)[nH]c(=O)c1NCCC#N. The molecular formula is C15H13ClN4O3. The largest absolute Gasteiger partial charge is 0.464 e. The van der Waals surface area contributed by atoms with Gasteiger partial charge >= 0.3 is 5.97 Å². The third-order valence-electron chi connectivity index (χ3n) is 2.95. The van der Waals surface area contributed by atoms with Crippen molar-refractivity contribution in [1.29, 1.82) is 5.26 Å². The van der Waals surface area contributed by atoms with E-state index in [2.05, 4.69) is 20.0 Å². The van der Waals surface area contributed by atoms with Crippen molar-refractivity contribution >= 4 is 23.3 Å². The van der Waals surface area contributed by atoms with Crippen molar-refractivity contribution in [2.45, 2.75) is 6.42 Å². The second-order valence-electron chi connectivity index (χ2n) is 4.47. The van der Waals surface area contributed by atoms with Gasteiger partial charge < -0.3 is 15.0 Å². The predicted octanol–water partition coefficient (Wildman–Crippen LogP) is 2.20. The molecular weight excluding hydrogens is 320 g/mol. The molecule has 1 aromatic carbocycles. The van der Waals surface area contributed by atoms with Crippen molar-refractivity contribution < 1.29 is 9.53 Å². The van der Waals surface area contributed by atoms with Crippen LogP contribution in [0.2, 0.25) is 5.02 Å². The summed E-state index contributed by atoms with van der Waals surface area (Å²) in [4.78, 5) is 30.9. The first kappa shape index (κ1) is 16.5. The number of hydrogen-bond acceptors (Lipinski definition) is 6. The number of H-pyrrole nitrogens is 1. The number of halogens is 1. The highest BCUT2D eigenvalue weighted by molar-refractivity contribution is 6.30. The molecule has 0 aliphatic carbocycles. The van der Waals surface area contributed by atoms with Crippen LogP contribution in [-0.2, 0) is 4.74 Å². The number of nitrogens with one attached hydrogen (secondary N) is 2. The molecule has 0 unspecified atom stereocenters. The van der Waals surface area contributed by atoms with Crippen molar-refractivity contribution in [1.82, 2.24) is 9.97 Å². The number of aromatic nitrogens is 2. The summed E-state index contributed by atoms with van der Waals surface area (Å²) in [5.41, 5.74) is -0.0903. The number of carbonyl (C=O) groups is 1. The van der Waals surface area contributed by atoms with Crippen molar-refractivity contribution in [3.8, 4) is 17.5 Å². The molecule has 2 N–H and O–H groups in total. The second kappa shape index (κ2) is 7.42. The maximum Gasteiger partial charge on any atom is 0.359 e. The number of esters is 1. The van der Waals surface area contributed by atoms with Gasteiger partial charge in [-0.1, -0.05) is 11.6 Å². The molecule has 0 saturated heterocycles. The summed E-state index contributed by atoms with van der Waals surface area (Å²) in [5, 5.41) is 11.8. The number of anilines is 1. The number of hydrogen-bond donors (Lipinski definition) is 2. The van der Waals surface area contributed by atoms with Gasteiger partial charge in [-0.05, 0) is 24.3 Å². The lowest BCUT2D eigenvalue weighted by Gasteiger charge is -2.10. The molecule has 0 atom stereocenters. The molecule has 0 aliphatic heterocycles. The van der Waals surface area contributed by atoms with Gasteiger partial charge in [0.25, 0.3) is 5.56 Å². The lowest BCUT2D eigenvalue weighted by Crippen LogP contribution is -2.22. The number of nitriles is 1. The topological polar surface area (TPSA) is 108 Å². The van der Waals surface area contributed by atoms with E-state index in [1.54, 1.807) is 24.3 Å². The molecule has 1 aromatic heterocycles. The third-order valence-corrected chi connectivity index (χ3v) is 3.21. The van der Waals surface area contributed by atoms with Gasteiger partial charge in [0, 0.05) is 17.1 Å². The Morgan fingerprint density at radius 3 is 2.74 bits per heavy atom. The summed E-state index contributed by atoms with van der Waals surface area (Å²) in [5.74, 6) is -0.524. The zero-order valence-electron chi connectivity index (χ0n) is 12.2. The van der Waals surface area contributed by atoms with Crippen LogP contribution in [0.3, 0.4) is 0 Å². The Morgan fingerprint density at radius 2 is 2.13 bits per heavy atom. The van der Waals surface area contributed by atoms with E-state index in [0.29, 0.717) is 10.6 Å². The van der Waals surface area contributed by atoms with Gasteiger partial charge in [-0.3, -0.25) is 4.79 Å². The molecule has 0 spiro atoms. The van der Waals surface area contributed by atoms with Crippen molar-refractivity contribution in [3.63, 3.8) is 0 Å². The van der Waals surface area contributed by atoms with Crippen molar-refractivity contribution in [3.05, 3.63) is 45.3 Å². The van der Waals surface area contributed by atoms with E-state index in [-0.39, 0.29) is 30.2 Å². The smallest absolute Gasteiger partial charge is 0.359 e. The van der Waals surface area contributed by atoms with E-state index in [4.69, 9.17) is 16.9 Å². The van der Waals surface area contributed by atoms with Crippen LogP contribution in [0, 0.1) is 11.3 Å². The first-order chi connectivity index (χ1) is 11.1. The molecule has 0 amide bonds. The molecule has 0 fully saturated rings. The number of rotatable bonds is 5. The number of ether oxygens (including phenoxy) is 1. The molecule has 8 heteroatoms. The van der Waals surface area contributed by atoms with E-state index < -0.39 is 11.5 Å². The predicted molar refractivity (Wildman–Crippen MR) is 85.4 cm³/mol. The molecule has 0 radical (unpaired) electrons. The van der Waals surface area contributed by atoms with Crippen LogP contribution in [0.5, 0.6) is 0 Å². The van der Waals surface area contributed by atoms with Gasteiger partial charge in [0.1, 0.15) is 11.5 Å². The van der Waals surface area contributed by atoms with Gasteiger partial charge in [0.2, 0.25) is 0 Å². The summed E-state index contributed by atoms with van der Waals surface area (Å²) in [6, 6.07) is 8.57.